The SMILES string of the molecule is CNc1ccc(Cl)c(COc2ccccc2Br)n1. The van der Waals surface area contributed by atoms with Gasteiger partial charge in [0.15, 0.2) is 0 Å². The zero-order valence-corrected chi connectivity index (χ0v) is 12.1. The second-order valence-electron chi connectivity index (χ2n) is 3.59. The van der Waals surface area contributed by atoms with Gasteiger partial charge in [0, 0.05) is 7.05 Å². The van der Waals surface area contributed by atoms with Gasteiger partial charge in [-0.2, -0.15) is 0 Å². The minimum atomic E-state index is 0.330. The first-order valence-electron chi connectivity index (χ1n) is 5.41. The van der Waals surface area contributed by atoms with Crippen molar-refractivity contribution in [3.8, 4) is 5.75 Å². The lowest BCUT2D eigenvalue weighted by molar-refractivity contribution is 0.299. The molecule has 94 valence electrons. The van der Waals surface area contributed by atoms with E-state index in [0.717, 1.165) is 16.0 Å². The summed E-state index contributed by atoms with van der Waals surface area (Å²) in [7, 11) is 1.81. The van der Waals surface area contributed by atoms with E-state index in [1.807, 2.05) is 37.4 Å². The smallest absolute Gasteiger partial charge is 0.134 e. The summed E-state index contributed by atoms with van der Waals surface area (Å²) in [5.41, 5.74) is 0.708. The molecule has 1 aromatic carbocycles. The fourth-order valence-electron chi connectivity index (χ4n) is 1.43. The number of rotatable bonds is 4. The van der Waals surface area contributed by atoms with Gasteiger partial charge in [0.05, 0.1) is 15.2 Å². The number of para-hydroxylation sites is 1. The molecule has 0 saturated heterocycles. The molecule has 0 radical (unpaired) electrons. The molecule has 0 spiro atoms. The lowest BCUT2D eigenvalue weighted by Gasteiger charge is -2.09. The number of hydrogen-bond acceptors (Lipinski definition) is 3. The molecule has 0 bridgehead atoms. The van der Waals surface area contributed by atoms with Crippen LogP contribution in [0, 0.1) is 0 Å². The maximum Gasteiger partial charge on any atom is 0.134 e. The highest BCUT2D eigenvalue weighted by atomic mass is 79.9. The molecule has 0 aliphatic heterocycles. The van der Waals surface area contributed by atoms with Crippen molar-refractivity contribution >= 4 is 33.3 Å². The summed E-state index contributed by atoms with van der Waals surface area (Å²) in [5.74, 6) is 1.54. The standard InChI is InChI=1S/C13H12BrClN2O/c1-16-13-7-6-10(15)11(17-13)8-18-12-5-3-2-4-9(12)14/h2-7H,8H2,1H3,(H,16,17). The first kappa shape index (κ1) is 13.2. The topological polar surface area (TPSA) is 34.1 Å². The lowest BCUT2D eigenvalue weighted by Crippen LogP contribution is -2.02. The highest BCUT2D eigenvalue weighted by Gasteiger charge is 2.06. The summed E-state index contributed by atoms with van der Waals surface area (Å²) >= 11 is 9.50. The number of benzene rings is 1. The Morgan fingerprint density at radius 3 is 2.78 bits per heavy atom. The van der Waals surface area contributed by atoms with E-state index in [1.165, 1.54) is 0 Å². The molecule has 0 amide bonds. The zero-order chi connectivity index (χ0) is 13.0. The number of nitrogens with zero attached hydrogens (tertiary/aromatic N) is 1. The molecule has 0 unspecified atom stereocenters. The molecular formula is C13H12BrClN2O. The van der Waals surface area contributed by atoms with Crippen LogP contribution in [0.3, 0.4) is 0 Å². The molecule has 2 rings (SSSR count). The van der Waals surface area contributed by atoms with Crippen LogP contribution in [-0.4, -0.2) is 12.0 Å². The maximum atomic E-state index is 6.08. The summed E-state index contributed by atoms with van der Waals surface area (Å²) in [6.07, 6.45) is 0. The second-order valence-corrected chi connectivity index (χ2v) is 4.86. The molecule has 2 aromatic rings. The predicted molar refractivity (Wildman–Crippen MR) is 77.3 cm³/mol. The largest absolute Gasteiger partial charge is 0.486 e. The van der Waals surface area contributed by atoms with Crippen LogP contribution >= 0.6 is 27.5 Å². The Kier molecular flexibility index (Phi) is 4.44. The number of aromatic nitrogens is 1. The summed E-state index contributed by atoms with van der Waals surface area (Å²) in [4.78, 5) is 4.35. The van der Waals surface area contributed by atoms with Gasteiger partial charge in [0.2, 0.25) is 0 Å². The fourth-order valence-corrected chi connectivity index (χ4v) is 1.99. The number of pyridine rings is 1. The molecule has 1 aromatic heterocycles. The average molecular weight is 328 g/mol. The molecule has 5 heteroatoms. The van der Waals surface area contributed by atoms with Crippen molar-refractivity contribution in [3.05, 3.63) is 51.6 Å². The van der Waals surface area contributed by atoms with Gasteiger partial charge in [0.1, 0.15) is 18.2 Å². The number of hydrogen-bond donors (Lipinski definition) is 1. The molecule has 1 heterocycles. The van der Waals surface area contributed by atoms with Crippen molar-refractivity contribution in [3.63, 3.8) is 0 Å². The Morgan fingerprint density at radius 2 is 2.06 bits per heavy atom. The minimum Gasteiger partial charge on any atom is -0.486 e. The van der Waals surface area contributed by atoms with E-state index in [1.54, 1.807) is 6.07 Å². The van der Waals surface area contributed by atoms with Gasteiger partial charge in [-0.15, -0.1) is 0 Å². The van der Waals surface area contributed by atoms with Crippen LogP contribution in [0.2, 0.25) is 5.02 Å². The third-order valence-electron chi connectivity index (χ3n) is 2.38. The molecule has 0 atom stereocenters. The van der Waals surface area contributed by atoms with Crippen molar-refractivity contribution in [1.82, 2.24) is 4.98 Å². The number of nitrogens with one attached hydrogen (secondary N) is 1. The Balaban J connectivity index is 2.13. The quantitative estimate of drug-likeness (QED) is 0.917. The van der Waals surface area contributed by atoms with Crippen LogP contribution < -0.4 is 10.1 Å². The van der Waals surface area contributed by atoms with Gasteiger partial charge in [-0.1, -0.05) is 23.7 Å². The summed E-state index contributed by atoms with van der Waals surface area (Å²) < 4.78 is 6.59. The Hall–Kier alpha value is -1.26. The predicted octanol–water partition coefficient (Wildman–Crippen LogP) is 4.12. The normalized spacial score (nSPS) is 10.2. The van der Waals surface area contributed by atoms with E-state index in [9.17, 15) is 0 Å². The van der Waals surface area contributed by atoms with E-state index in [-0.39, 0.29) is 0 Å². The second kappa shape index (κ2) is 6.07. The van der Waals surface area contributed by atoms with Crippen molar-refractivity contribution in [2.45, 2.75) is 6.61 Å². The molecule has 0 aliphatic rings. The molecule has 18 heavy (non-hydrogen) atoms. The Bertz CT molecular complexity index is 548. The van der Waals surface area contributed by atoms with E-state index in [0.29, 0.717) is 17.3 Å². The fraction of sp³-hybridized carbons (Fsp3) is 0.154. The number of anilines is 1. The number of ether oxygens (including phenoxy) is 1. The lowest BCUT2D eigenvalue weighted by atomic mass is 10.3. The maximum absolute atomic E-state index is 6.08. The van der Waals surface area contributed by atoms with E-state index in [4.69, 9.17) is 16.3 Å². The molecule has 3 nitrogen and oxygen atoms in total. The van der Waals surface area contributed by atoms with E-state index >= 15 is 0 Å². The van der Waals surface area contributed by atoms with E-state index < -0.39 is 0 Å². The minimum absolute atomic E-state index is 0.330. The van der Waals surface area contributed by atoms with Crippen molar-refractivity contribution in [2.24, 2.45) is 0 Å². The van der Waals surface area contributed by atoms with Gasteiger partial charge in [0.25, 0.3) is 0 Å². The third kappa shape index (κ3) is 3.15. The van der Waals surface area contributed by atoms with Crippen LogP contribution in [0.4, 0.5) is 5.82 Å². The van der Waals surface area contributed by atoms with Crippen LogP contribution in [-0.2, 0) is 6.61 Å². The molecule has 0 saturated carbocycles. The Morgan fingerprint density at radius 1 is 1.28 bits per heavy atom. The van der Waals surface area contributed by atoms with Crippen LogP contribution in [0.5, 0.6) is 5.75 Å². The van der Waals surface area contributed by atoms with Crippen LogP contribution in [0.1, 0.15) is 5.69 Å². The van der Waals surface area contributed by atoms with Crippen molar-refractivity contribution < 1.29 is 4.74 Å². The zero-order valence-electron chi connectivity index (χ0n) is 9.78. The number of halogens is 2. The summed E-state index contributed by atoms with van der Waals surface area (Å²) in [5, 5.41) is 3.57. The first-order chi connectivity index (χ1) is 8.70. The van der Waals surface area contributed by atoms with Gasteiger partial charge < -0.3 is 10.1 Å². The monoisotopic (exact) mass is 326 g/mol. The molecule has 0 aliphatic carbocycles. The molecular weight excluding hydrogens is 316 g/mol. The third-order valence-corrected chi connectivity index (χ3v) is 3.38. The van der Waals surface area contributed by atoms with Crippen molar-refractivity contribution in [1.29, 1.82) is 0 Å². The van der Waals surface area contributed by atoms with Gasteiger partial charge >= 0.3 is 0 Å². The average Bonchev–Trinajstić information content (AvgIpc) is 2.39. The van der Waals surface area contributed by atoms with Gasteiger partial charge in [-0.25, -0.2) is 4.98 Å². The highest BCUT2D eigenvalue weighted by molar-refractivity contribution is 9.10. The van der Waals surface area contributed by atoms with Gasteiger partial charge in [-0.3, -0.25) is 0 Å². The first-order valence-corrected chi connectivity index (χ1v) is 6.58. The van der Waals surface area contributed by atoms with E-state index in [2.05, 4.69) is 26.2 Å². The van der Waals surface area contributed by atoms with Crippen LogP contribution in [0.25, 0.3) is 0 Å². The Labute approximate surface area is 119 Å². The highest BCUT2D eigenvalue weighted by Crippen LogP contribution is 2.25. The van der Waals surface area contributed by atoms with Crippen molar-refractivity contribution in [2.75, 3.05) is 12.4 Å². The summed E-state index contributed by atoms with van der Waals surface area (Å²) in [6, 6.07) is 11.3. The molecule has 1 N–H and O–H groups in total. The van der Waals surface area contributed by atoms with Gasteiger partial charge in [-0.05, 0) is 40.2 Å². The van der Waals surface area contributed by atoms with Crippen LogP contribution in [0.15, 0.2) is 40.9 Å². The summed E-state index contributed by atoms with van der Waals surface area (Å²) in [6.45, 7) is 0.330. The molecule has 0 fully saturated rings.